The lowest BCUT2D eigenvalue weighted by molar-refractivity contribution is -0.140. The minimum absolute atomic E-state index is 0.00943. The number of likely N-dealkylation sites (tertiary alicyclic amines) is 1. The van der Waals surface area contributed by atoms with Crippen molar-refractivity contribution in [3.63, 3.8) is 0 Å². The van der Waals surface area contributed by atoms with E-state index in [1.54, 1.807) is 0 Å². The summed E-state index contributed by atoms with van der Waals surface area (Å²) in [5.41, 5.74) is 1.73. The van der Waals surface area contributed by atoms with Crippen LogP contribution in [0.15, 0.2) is 24.3 Å². The number of rotatable bonds is 7. The van der Waals surface area contributed by atoms with Gasteiger partial charge in [-0.2, -0.15) is 0 Å². The number of hydrogen-bond donors (Lipinski definition) is 1. The van der Waals surface area contributed by atoms with E-state index < -0.39 is 0 Å². The van der Waals surface area contributed by atoms with E-state index in [0.717, 1.165) is 23.7 Å². The number of nitrogens with zero attached hydrogens (tertiary/aromatic N) is 3. The number of likely N-dealkylation sites (N-methyl/N-ethyl adjacent to an activating group) is 1. The molecular weight excluding hydrogens is 376 g/mol. The lowest BCUT2D eigenvalue weighted by atomic mass is 10.2. The molecule has 2 heterocycles. The lowest BCUT2D eigenvalue weighted by Gasteiger charge is -2.28. The molecule has 29 heavy (non-hydrogen) atoms. The van der Waals surface area contributed by atoms with Crippen LogP contribution in [0.5, 0.6) is 0 Å². The number of imide groups is 1. The summed E-state index contributed by atoms with van der Waals surface area (Å²) in [5, 5.41) is 2.77. The fraction of sp³-hybridized carbons (Fsp3) is 0.500. The van der Waals surface area contributed by atoms with Crippen LogP contribution in [0.4, 0.5) is 11.4 Å². The van der Waals surface area contributed by atoms with Crippen LogP contribution in [0.1, 0.15) is 19.3 Å². The maximum atomic E-state index is 12.2. The van der Waals surface area contributed by atoms with Crippen LogP contribution in [0.3, 0.4) is 0 Å². The first kappa shape index (κ1) is 20.8. The van der Waals surface area contributed by atoms with Crippen LogP contribution in [-0.2, 0) is 23.9 Å². The third kappa shape index (κ3) is 5.54. The molecule has 0 radical (unpaired) electrons. The highest BCUT2D eigenvalue weighted by Gasteiger charge is 2.29. The van der Waals surface area contributed by atoms with Gasteiger partial charge in [-0.25, -0.2) is 0 Å². The Hall–Kier alpha value is -2.94. The minimum atomic E-state index is -0.312. The predicted molar refractivity (Wildman–Crippen MR) is 106 cm³/mol. The number of nitrogens with one attached hydrogen (secondary N) is 1. The fourth-order valence-electron chi connectivity index (χ4n) is 3.35. The molecule has 0 atom stereocenters. The Balaban J connectivity index is 1.43. The fourth-order valence-corrected chi connectivity index (χ4v) is 3.35. The van der Waals surface area contributed by atoms with Crippen molar-refractivity contribution >= 4 is 35.0 Å². The summed E-state index contributed by atoms with van der Waals surface area (Å²) >= 11 is 0. The zero-order valence-electron chi connectivity index (χ0n) is 16.6. The topological polar surface area (TPSA) is 99.3 Å². The molecule has 1 aromatic rings. The number of amides is 4. The van der Waals surface area contributed by atoms with Gasteiger partial charge in [-0.1, -0.05) is 0 Å². The number of ether oxygens (including phenoxy) is 1. The predicted octanol–water partition coefficient (Wildman–Crippen LogP) is 0.459. The van der Waals surface area contributed by atoms with E-state index in [2.05, 4.69) is 10.2 Å². The van der Waals surface area contributed by atoms with Crippen LogP contribution in [-0.4, -0.2) is 79.9 Å². The van der Waals surface area contributed by atoms with Crippen LogP contribution in [0.2, 0.25) is 0 Å². The number of carbonyl (C=O) groups excluding carboxylic acids is 4. The van der Waals surface area contributed by atoms with Crippen LogP contribution in [0, 0.1) is 0 Å². The molecule has 9 nitrogen and oxygen atoms in total. The van der Waals surface area contributed by atoms with Crippen molar-refractivity contribution in [2.24, 2.45) is 0 Å². The number of carbonyl (C=O) groups is 4. The van der Waals surface area contributed by atoms with E-state index in [1.807, 2.05) is 24.3 Å². The number of morpholine rings is 1. The molecule has 9 heteroatoms. The van der Waals surface area contributed by atoms with Gasteiger partial charge in [-0.3, -0.25) is 24.1 Å². The summed E-state index contributed by atoms with van der Waals surface area (Å²) in [5.74, 6) is -1.10. The van der Waals surface area contributed by atoms with Gasteiger partial charge in [0.15, 0.2) is 0 Å². The van der Waals surface area contributed by atoms with Gasteiger partial charge in [0, 0.05) is 57.3 Å². The second kappa shape index (κ2) is 9.51. The highest BCUT2D eigenvalue weighted by molar-refractivity contribution is 6.02. The highest BCUT2D eigenvalue weighted by atomic mass is 16.5. The van der Waals surface area contributed by atoms with Crippen molar-refractivity contribution in [2.45, 2.75) is 19.3 Å². The molecule has 1 aromatic carbocycles. The summed E-state index contributed by atoms with van der Waals surface area (Å²) in [6, 6.07) is 7.55. The SMILES string of the molecule is CN(CC(=O)Nc1ccc(N2CCOCC2)cc1)C(=O)CCN1C(=O)CCC1=O. The number of benzene rings is 1. The van der Waals surface area contributed by atoms with Crippen molar-refractivity contribution in [3.05, 3.63) is 24.3 Å². The first-order chi connectivity index (χ1) is 13.9. The van der Waals surface area contributed by atoms with Crippen molar-refractivity contribution in [2.75, 3.05) is 56.7 Å². The van der Waals surface area contributed by atoms with Gasteiger partial charge in [0.1, 0.15) is 0 Å². The van der Waals surface area contributed by atoms with Gasteiger partial charge < -0.3 is 19.9 Å². The molecule has 0 unspecified atom stereocenters. The number of anilines is 2. The Morgan fingerprint density at radius 1 is 1.07 bits per heavy atom. The summed E-state index contributed by atoms with van der Waals surface area (Å²) in [7, 11) is 1.52. The molecule has 0 bridgehead atoms. The van der Waals surface area contributed by atoms with E-state index in [1.165, 1.54) is 11.9 Å². The molecular formula is C20H26N4O5. The lowest BCUT2D eigenvalue weighted by Crippen LogP contribution is -2.38. The second-order valence-electron chi connectivity index (χ2n) is 7.13. The maximum absolute atomic E-state index is 12.2. The largest absolute Gasteiger partial charge is 0.378 e. The standard InChI is InChI=1S/C20H26N4O5/c1-22(18(26)8-9-24-19(27)6-7-20(24)28)14-17(25)21-15-2-4-16(5-3-15)23-10-12-29-13-11-23/h2-5H,6-14H2,1H3,(H,21,25). The molecule has 3 rings (SSSR count). The van der Waals surface area contributed by atoms with Gasteiger partial charge in [0.25, 0.3) is 0 Å². The van der Waals surface area contributed by atoms with Crippen molar-refractivity contribution < 1.29 is 23.9 Å². The van der Waals surface area contributed by atoms with E-state index in [4.69, 9.17) is 4.74 Å². The Morgan fingerprint density at radius 3 is 2.31 bits per heavy atom. The van der Waals surface area contributed by atoms with Crippen LogP contribution < -0.4 is 10.2 Å². The van der Waals surface area contributed by atoms with Crippen LogP contribution in [0.25, 0.3) is 0 Å². The zero-order valence-corrected chi connectivity index (χ0v) is 16.6. The van der Waals surface area contributed by atoms with E-state index in [9.17, 15) is 19.2 Å². The Bertz CT molecular complexity index is 758. The van der Waals surface area contributed by atoms with Crippen molar-refractivity contribution in [3.8, 4) is 0 Å². The third-order valence-electron chi connectivity index (χ3n) is 5.04. The molecule has 0 saturated carbocycles. The normalized spacial score (nSPS) is 16.9. The maximum Gasteiger partial charge on any atom is 0.243 e. The molecule has 2 aliphatic heterocycles. The highest BCUT2D eigenvalue weighted by Crippen LogP contribution is 2.19. The van der Waals surface area contributed by atoms with Gasteiger partial charge in [-0.15, -0.1) is 0 Å². The van der Waals surface area contributed by atoms with Crippen molar-refractivity contribution in [1.82, 2.24) is 9.80 Å². The molecule has 2 fully saturated rings. The average Bonchev–Trinajstić information content (AvgIpc) is 3.04. The first-order valence-corrected chi connectivity index (χ1v) is 9.74. The zero-order chi connectivity index (χ0) is 20.8. The van der Waals surface area contributed by atoms with E-state index in [0.29, 0.717) is 18.9 Å². The summed E-state index contributed by atoms with van der Waals surface area (Å²) < 4.78 is 5.34. The van der Waals surface area contributed by atoms with Crippen molar-refractivity contribution in [1.29, 1.82) is 0 Å². The molecule has 0 spiro atoms. The van der Waals surface area contributed by atoms with Gasteiger partial charge in [-0.05, 0) is 24.3 Å². The molecule has 0 aromatic heterocycles. The molecule has 2 aliphatic rings. The van der Waals surface area contributed by atoms with Gasteiger partial charge in [0.2, 0.25) is 23.6 Å². The van der Waals surface area contributed by atoms with E-state index >= 15 is 0 Å². The molecule has 2 saturated heterocycles. The quantitative estimate of drug-likeness (QED) is 0.666. The van der Waals surface area contributed by atoms with Gasteiger partial charge in [0.05, 0.1) is 19.8 Å². The molecule has 4 amide bonds. The monoisotopic (exact) mass is 402 g/mol. The number of hydrogen-bond acceptors (Lipinski definition) is 6. The van der Waals surface area contributed by atoms with E-state index in [-0.39, 0.29) is 56.0 Å². The summed E-state index contributed by atoms with van der Waals surface area (Å²) in [6.07, 6.45) is 0.417. The summed E-state index contributed by atoms with van der Waals surface area (Å²) in [4.78, 5) is 52.2. The third-order valence-corrected chi connectivity index (χ3v) is 5.04. The average molecular weight is 402 g/mol. The second-order valence-corrected chi connectivity index (χ2v) is 7.13. The first-order valence-electron chi connectivity index (χ1n) is 9.74. The molecule has 156 valence electrons. The molecule has 1 N–H and O–H groups in total. The van der Waals surface area contributed by atoms with Gasteiger partial charge >= 0.3 is 0 Å². The smallest absolute Gasteiger partial charge is 0.243 e. The van der Waals surface area contributed by atoms with Crippen LogP contribution >= 0.6 is 0 Å². The minimum Gasteiger partial charge on any atom is -0.378 e. The summed E-state index contributed by atoms with van der Waals surface area (Å²) in [6.45, 7) is 3.05. The Labute approximate surface area is 169 Å². The Kier molecular flexibility index (Phi) is 6.82. The Morgan fingerprint density at radius 2 is 1.69 bits per heavy atom. The molecule has 0 aliphatic carbocycles.